The Bertz CT molecular complexity index is 241. The van der Waals surface area contributed by atoms with Crippen LogP contribution in [0.4, 0.5) is 0 Å². The van der Waals surface area contributed by atoms with Crippen LogP contribution in [0.5, 0.6) is 0 Å². The quantitative estimate of drug-likeness (QED) is 0.860. The average Bonchev–Trinajstić information content (AvgIpc) is 2.51. The highest BCUT2D eigenvalue weighted by atomic mass is 79.9. The molecule has 0 aromatic carbocycles. The summed E-state index contributed by atoms with van der Waals surface area (Å²) in [6, 6.07) is 4.32. The zero-order chi connectivity index (χ0) is 9.68. The van der Waals surface area contributed by atoms with Crippen molar-refractivity contribution in [1.29, 1.82) is 0 Å². The Hall–Kier alpha value is -0.280. The lowest BCUT2D eigenvalue weighted by atomic mass is 10.1. The van der Waals surface area contributed by atoms with Crippen molar-refractivity contribution in [2.24, 2.45) is 0 Å². The average molecular weight is 246 g/mol. The van der Waals surface area contributed by atoms with Crippen molar-refractivity contribution in [1.82, 2.24) is 5.32 Å². The molecule has 0 bridgehead atoms. The van der Waals surface area contributed by atoms with Crippen LogP contribution in [0.3, 0.4) is 0 Å². The summed E-state index contributed by atoms with van der Waals surface area (Å²) in [6.07, 6.45) is 2.28. The lowest BCUT2D eigenvalue weighted by Crippen LogP contribution is -2.20. The molecule has 1 unspecified atom stereocenters. The van der Waals surface area contributed by atoms with Crippen LogP contribution in [0, 0.1) is 0 Å². The highest BCUT2D eigenvalue weighted by Gasteiger charge is 2.12. The molecule has 0 aliphatic rings. The topological polar surface area (TPSA) is 25.2 Å². The minimum Gasteiger partial charge on any atom is -0.453 e. The van der Waals surface area contributed by atoms with Gasteiger partial charge in [-0.25, -0.2) is 0 Å². The second-order valence-corrected chi connectivity index (χ2v) is 3.82. The van der Waals surface area contributed by atoms with Crippen LogP contribution in [-0.2, 0) is 0 Å². The minimum atomic E-state index is 0.362. The third-order valence-electron chi connectivity index (χ3n) is 1.97. The predicted molar refractivity (Wildman–Crippen MR) is 57.7 cm³/mol. The van der Waals surface area contributed by atoms with Gasteiger partial charge in [0.2, 0.25) is 0 Å². The zero-order valence-electron chi connectivity index (χ0n) is 8.14. The van der Waals surface area contributed by atoms with Crippen LogP contribution < -0.4 is 5.32 Å². The van der Waals surface area contributed by atoms with Gasteiger partial charge in [-0.1, -0.05) is 20.3 Å². The van der Waals surface area contributed by atoms with Crippen LogP contribution in [0.15, 0.2) is 21.2 Å². The van der Waals surface area contributed by atoms with Gasteiger partial charge in [0.25, 0.3) is 0 Å². The molecule has 1 N–H and O–H groups in total. The molecule has 1 aromatic rings. The number of furan rings is 1. The normalized spacial score (nSPS) is 13.2. The lowest BCUT2D eigenvalue weighted by molar-refractivity contribution is 0.389. The smallest absolute Gasteiger partial charge is 0.169 e. The van der Waals surface area contributed by atoms with Gasteiger partial charge in [-0.3, -0.25) is 0 Å². The molecule has 0 saturated heterocycles. The predicted octanol–water partition coefficient (Wildman–Crippen LogP) is 3.49. The van der Waals surface area contributed by atoms with Crippen LogP contribution in [-0.4, -0.2) is 6.54 Å². The van der Waals surface area contributed by atoms with Gasteiger partial charge in [0.1, 0.15) is 5.76 Å². The van der Waals surface area contributed by atoms with E-state index in [4.69, 9.17) is 4.42 Å². The second-order valence-electron chi connectivity index (χ2n) is 3.04. The van der Waals surface area contributed by atoms with E-state index in [2.05, 4.69) is 35.1 Å². The Morgan fingerprint density at radius 1 is 1.46 bits per heavy atom. The van der Waals surface area contributed by atoms with E-state index in [1.165, 1.54) is 0 Å². The number of halogens is 1. The van der Waals surface area contributed by atoms with E-state index in [0.29, 0.717) is 6.04 Å². The van der Waals surface area contributed by atoms with Crippen LogP contribution >= 0.6 is 15.9 Å². The fourth-order valence-electron chi connectivity index (χ4n) is 1.40. The summed E-state index contributed by atoms with van der Waals surface area (Å²) in [7, 11) is 0. The van der Waals surface area contributed by atoms with E-state index in [0.717, 1.165) is 29.8 Å². The van der Waals surface area contributed by atoms with Crippen LogP contribution in [0.1, 0.15) is 38.5 Å². The maximum absolute atomic E-state index is 5.50. The fraction of sp³-hybridized carbons (Fsp3) is 0.600. The third-order valence-corrected chi connectivity index (χ3v) is 2.39. The van der Waals surface area contributed by atoms with Gasteiger partial charge < -0.3 is 9.73 Å². The first kappa shape index (κ1) is 10.8. The molecule has 2 nitrogen and oxygen atoms in total. The molecule has 0 aliphatic carbocycles. The van der Waals surface area contributed by atoms with Crippen molar-refractivity contribution in [3.63, 3.8) is 0 Å². The van der Waals surface area contributed by atoms with Gasteiger partial charge in [0.05, 0.1) is 6.04 Å². The van der Waals surface area contributed by atoms with Crippen molar-refractivity contribution < 1.29 is 4.42 Å². The Morgan fingerprint density at radius 3 is 2.69 bits per heavy atom. The lowest BCUT2D eigenvalue weighted by Gasteiger charge is -2.13. The molecule has 1 aromatic heterocycles. The Labute approximate surface area is 87.8 Å². The molecule has 74 valence electrons. The molecule has 0 amide bonds. The summed E-state index contributed by atoms with van der Waals surface area (Å²) in [5, 5.41) is 3.40. The minimum absolute atomic E-state index is 0.362. The number of hydrogen-bond acceptors (Lipinski definition) is 2. The van der Waals surface area contributed by atoms with Gasteiger partial charge in [-0.15, -0.1) is 0 Å². The highest BCUT2D eigenvalue weighted by molar-refractivity contribution is 9.10. The zero-order valence-corrected chi connectivity index (χ0v) is 9.73. The van der Waals surface area contributed by atoms with Crippen molar-refractivity contribution in [2.75, 3.05) is 6.54 Å². The molecule has 0 fully saturated rings. The fourth-order valence-corrected chi connectivity index (χ4v) is 1.71. The molecule has 0 spiro atoms. The van der Waals surface area contributed by atoms with E-state index < -0.39 is 0 Å². The number of nitrogens with one attached hydrogen (secondary N) is 1. The highest BCUT2D eigenvalue weighted by Crippen LogP contribution is 2.23. The van der Waals surface area contributed by atoms with E-state index in [1.54, 1.807) is 0 Å². The third kappa shape index (κ3) is 3.16. The molecule has 0 radical (unpaired) electrons. The first-order valence-corrected chi connectivity index (χ1v) is 5.55. The maximum atomic E-state index is 5.50. The molecule has 13 heavy (non-hydrogen) atoms. The summed E-state index contributed by atoms with van der Waals surface area (Å²) in [5.74, 6) is 1.02. The number of hydrogen-bond donors (Lipinski definition) is 1. The second kappa shape index (κ2) is 5.45. The van der Waals surface area contributed by atoms with Crippen molar-refractivity contribution in [2.45, 2.75) is 32.7 Å². The summed E-state index contributed by atoms with van der Waals surface area (Å²) in [6.45, 7) is 5.27. The van der Waals surface area contributed by atoms with Crippen molar-refractivity contribution in [3.05, 3.63) is 22.6 Å². The van der Waals surface area contributed by atoms with Gasteiger partial charge in [-0.2, -0.15) is 0 Å². The molecule has 1 atom stereocenters. The molecule has 3 heteroatoms. The van der Waals surface area contributed by atoms with Crippen LogP contribution in [0.2, 0.25) is 0 Å². The molecule has 1 heterocycles. The van der Waals surface area contributed by atoms with Crippen molar-refractivity contribution in [3.8, 4) is 0 Å². The maximum Gasteiger partial charge on any atom is 0.169 e. The monoisotopic (exact) mass is 245 g/mol. The summed E-state index contributed by atoms with van der Waals surface area (Å²) in [4.78, 5) is 0. The van der Waals surface area contributed by atoms with Gasteiger partial charge in [0, 0.05) is 0 Å². The van der Waals surface area contributed by atoms with Gasteiger partial charge in [-0.05, 0) is 41.0 Å². The largest absolute Gasteiger partial charge is 0.453 e. The standard InChI is InChI=1S/C10H16BrNO/c1-3-5-8(12-4-2)9-6-7-10(11)13-9/h6-8,12H,3-5H2,1-2H3. The molecular formula is C10H16BrNO. The number of rotatable bonds is 5. The SMILES string of the molecule is CCCC(NCC)c1ccc(Br)o1. The molecule has 0 saturated carbocycles. The first-order chi connectivity index (χ1) is 6.27. The van der Waals surface area contributed by atoms with Crippen LogP contribution in [0.25, 0.3) is 0 Å². The van der Waals surface area contributed by atoms with E-state index in [-0.39, 0.29) is 0 Å². The molecular weight excluding hydrogens is 230 g/mol. The molecule has 1 rings (SSSR count). The first-order valence-electron chi connectivity index (χ1n) is 4.76. The molecule has 0 aliphatic heterocycles. The van der Waals surface area contributed by atoms with E-state index in [1.807, 2.05) is 12.1 Å². The summed E-state index contributed by atoms with van der Waals surface area (Å²) < 4.78 is 6.31. The Balaban J connectivity index is 2.63. The van der Waals surface area contributed by atoms with Gasteiger partial charge in [0.15, 0.2) is 4.67 Å². The van der Waals surface area contributed by atoms with E-state index >= 15 is 0 Å². The summed E-state index contributed by atoms with van der Waals surface area (Å²) >= 11 is 3.31. The van der Waals surface area contributed by atoms with E-state index in [9.17, 15) is 0 Å². The summed E-state index contributed by atoms with van der Waals surface area (Å²) in [5.41, 5.74) is 0. The Kier molecular flexibility index (Phi) is 4.53. The van der Waals surface area contributed by atoms with Gasteiger partial charge >= 0.3 is 0 Å². The van der Waals surface area contributed by atoms with Crippen molar-refractivity contribution >= 4 is 15.9 Å². The Morgan fingerprint density at radius 2 is 2.23 bits per heavy atom.